The van der Waals surface area contributed by atoms with Crippen molar-refractivity contribution in [2.75, 3.05) is 12.0 Å². The molecule has 0 bridgehead atoms. The fourth-order valence-electron chi connectivity index (χ4n) is 1.79. The Kier molecular flexibility index (Phi) is 4.93. The molecule has 2 heterocycles. The van der Waals surface area contributed by atoms with Crippen LogP contribution in [0.25, 0.3) is 11.4 Å². The lowest BCUT2D eigenvalue weighted by atomic mass is 10.1. The van der Waals surface area contributed by atoms with E-state index < -0.39 is 0 Å². The molecule has 19 heavy (non-hydrogen) atoms. The predicted molar refractivity (Wildman–Crippen MR) is 76.8 cm³/mol. The van der Waals surface area contributed by atoms with Gasteiger partial charge in [-0.3, -0.25) is 4.98 Å². The van der Waals surface area contributed by atoms with Crippen molar-refractivity contribution in [3.63, 3.8) is 0 Å². The average molecular weight is 278 g/mol. The number of thioether (sulfide) groups is 1. The molecule has 0 amide bonds. The summed E-state index contributed by atoms with van der Waals surface area (Å²) in [6.45, 7) is 2.08. The molecular formula is C13H18N4OS. The number of rotatable bonds is 6. The molecule has 0 aliphatic heterocycles. The van der Waals surface area contributed by atoms with Gasteiger partial charge in [0.05, 0.1) is 6.04 Å². The molecule has 2 aromatic heterocycles. The molecule has 0 radical (unpaired) electrons. The van der Waals surface area contributed by atoms with Crippen molar-refractivity contribution in [2.24, 2.45) is 5.73 Å². The fourth-order valence-corrected chi connectivity index (χ4v) is 2.28. The second kappa shape index (κ2) is 6.68. The average Bonchev–Trinajstić information content (AvgIpc) is 2.94. The zero-order valence-corrected chi connectivity index (χ0v) is 12.0. The van der Waals surface area contributed by atoms with Gasteiger partial charge in [-0.1, -0.05) is 12.1 Å². The minimum absolute atomic E-state index is 0.194. The summed E-state index contributed by atoms with van der Waals surface area (Å²) in [6, 6.07) is 1.71. The van der Waals surface area contributed by atoms with Gasteiger partial charge in [0, 0.05) is 18.0 Å². The van der Waals surface area contributed by atoms with Crippen molar-refractivity contribution >= 4 is 11.8 Å². The number of nitrogens with zero attached hydrogens (tertiary/aromatic N) is 3. The van der Waals surface area contributed by atoms with Crippen LogP contribution in [0.5, 0.6) is 0 Å². The first-order chi connectivity index (χ1) is 9.26. The maximum absolute atomic E-state index is 6.02. The second-order valence-electron chi connectivity index (χ2n) is 4.23. The molecule has 6 heteroatoms. The van der Waals surface area contributed by atoms with Gasteiger partial charge in [-0.2, -0.15) is 16.7 Å². The Bertz CT molecular complexity index is 529. The molecule has 2 rings (SSSR count). The Morgan fingerprint density at radius 1 is 1.47 bits per heavy atom. The molecule has 0 spiro atoms. The van der Waals surface area contributed by atoms with Gasteiger partial charge in [0.2, 0.25) is 11.7 Å². The van der Waals surface area contributed by atoms with Crippen molar-refractivity contribution in [3.05, 3.63) is 29.9 Å². The maximum atomic E-state index is 6.02. The number of nitrogens with two attached hydrogens (primary N) is 1. The van der Waals surface area contributed by atoms with Crippen LogP contribution >= 0.6 is 11.8 Å². The molecule has 2 N–H and O–H groups in total. The number of aryl methyl sites for hydroxylation is 1. The summed E-state index contributed by atoms with van der Waals surface area (Å²) < 4.78 is 5.26. The Morgan fingerprint density at radius 2 is 2.32 bits per heavy atom. The highest BCUT2D eigenvalue weighted by Gasteiger charge is 2.16. The van der Waals surface area contributed by atoms with E-state index in [2.05, 4.69) is 28.3 Å². The third-order valence-corrected chi connectivity index (χ3v) is 3.56. The molecule has 0 saturated carbocycles. The second-order valence-corrected chi connectivity index (χ2v) is 5.22. The Morgan fingerprint density at radius 3 is 3.05 bits per heavy atom. The van der Waals surface area contributed by atoms with E-state index in [1.165, 1.54) is 0 Å². The highest BCUT2D eigenvalue weighted by molar-refractivity contribution is 7.98. The molecule has 0 aromatic carbocycles. The van der Waals surface area contributed by atoms with E-state index in [9.17, 15) is 0 Å². The summed E-state index contributed by atoms with van der Waals surface area (Å²) in [7, 11) is 0. The van der Waals surface area contributed by atoms with Crippen LogP contribution in [0.1, 0.15) is 30.8 Å². The van der Waals surface area contributed by atoms with Crippen LogP contribution in [0.2, 0.25) is 0 Å². The smallest absolute Gasteiger partial charge is 0.243 e. The molecule has 2 aromatic rings. The lowest BCUT2D eigenvalue weighted by molar-refractivity contribution is 0.353. The summed E-state index contributed by atoms with van der Waals surface area (Å²) in [5.41, 5.74) is 8.09. The zero-order valence-electron chi connectivity index (χ0n) is 11.2. The Hall–Kier alpha value is -1.40. The van der Waals surface area contributed by atoms with Crippen molar-refractivity contribution < 1.29 is 4.52 Å². The molecule has 5 nitrogen and oxygen atoms in total. The van der Waals surface area contributed by atoms with E-state index in [0.717, 1.165) is 29.7 Å². The number of aromatic nitrogens is 3. The lowest BCUT2D eigenvalue weighted by Gasteiger charge is -2.04. The van der Waals surface area contributed by atoms with E-state index in [4.69, 9.17) is 10.3 Å². The molecule has 102 valence electrons. The zero-order chi connectivity index (χ0) is 13.7. The SMILES string of the molecule is CCc1cnccc1-c1noc(C(N)CCSC)n1. The highest BCUT2D eigenvalue weighted by atomic mass is 32.2. The Balaban J connectivity index is 2.20. The molecule has 0 aliphatic carbocycles. The van der Waals surface area contributed by atoms with Crippen LogP contribution in [0.15, 0.2) is 23.0 Å². The molecule has 1 unspecified atom stereocenters. The monoisotopic (exact) mass is 278 g/mol. The van der Waals surface area contributed by atoms with E-state index in [1.807, 2.05) is 12.3 Å². The standard InChI is InChI=1S/C13H18N4OS/c1-3-9-8-15-6-4-10(9)12-16-13(18-17-12)11(14)5-7-19-2/h4,6,8,11H,3,5,7,14H2,1-2H3. The van der Waals surface area contributed by atoms with E-state index in [-0.39, 0.29) is 6.04 Å². The van der Waals surface area contributed by atoms with Crippen LogP contribution in [-0.2, 0) is 6.42 Å². The topological polar surface area (TPSA) is 77.8 Å². The van der Waals surface area contributed by atoms with Crippen molar-refractivity contribution in [3.8, 4) is 11.4 Å². The largest absolute Gasteiger partial charge is 0.337 e. The number of hydrogen-bond donors (Lipinski definition) is 1. The summed E-state index contributed by atoms with van der Waals surface area (Å²) in [4.78, 5) is 8.51. The van der Waals surface area contributed by atoms with Crippen LogP contribution in [0.3, 0.4) is 0 Å². The normalized spacial score (nSPS) is 12.6. The van der Waals surface area contributed by atoms with Crippen molar-refractivity contribution in [1.82, 2.24) is 15.1 Å². The first-order valence-corrected chi connectivity index (χ1v) is 7.67. The quantitative estimate of drug-likeness (QED) is 0.874. The number of pyridine rings is 1. The van der Waals surface area contributed by atoms with Crippen LogP contribution in [0.4, 0.5) is 0 Å². The fraction of sp³-hybridized carbons (Fsp3) is 0.462. The van der Waals surface area contributed by atoms with Crippen molar-refractivity contribution in [1.29, 1.82) is 0 Å². The minimum Gasteiger partial charge on any atom is -0.337 e. The summed E-state index contributed by atoms with van der Waals surface area (Å²) in [5, 5.41) is 4.02. The van der Waals surface area contributed by atoms with Crippen molar-refractivity contribution in [2.45, 2.75) is 25.8 Å². The van der Waals surface area contributed by atoms with Gasteiger partial charge in [-0.15, -0.1) is 0 Å². The third-order valence-electron chi connectivity index (χ3n) is 2.92. The number of hydrogen-bond acceptors (Lipinski definition) is 6. The van der Waals surface area contributed by atoms with E-state index in [0.29, 0.717) is 11.7 Å². The minimum atomic E-state index is -0.194. The molecule has 0 aliphatic rings. The third kappa shape index (κ3) is 3.33. The first-order valence-electron chi connectivity index (χ1n) is 6.27. The lowest BCUT2D eigenvalue weighted by Crippen LogP contribution is -2.11. The van der Waals surface area contributed by atoms with Gasteiger partial charge in [-0.05, 0) is 36.5 Å². The van der Waals surface area contributed by atoms with Crippen LogP contribution in [-0.4, -0.2) is 27.1 Å². The molecule has 0 saturated heterocycles. The molecule has 1 atom stereocenters. The van der Waals surface area contributed by atoms with Gasteiger partial charge < -0.3 is 10.3 Å². The summed E-state index contributed by atoms with van der Waals surface area (Å²) in [6.07, 6.45) is 7.33. The van der Waals surface area contributed by atoms with Crippen LogP contribution < -0.4 is 5.73 Å². The molecule has 0 fully saturated rings. The van der Waals surface area contributed by atoms with Gasteiger partial charge in [0.25, 0.3) is 0 Å². The predicted octanol–water partition coefficient (Wildman–Crippen LogP) is 2.45. The molecular weight excluding hydrogens is 260 g/mol. The highest BCUT2D eigenvalue weighted by Crippen LogP contribution is 2.22. The van der Waals surface area contributed by atoms with Gasteiger partial charge in [0.15, 0.2) is 0 Å². The van der Waals surface area contributed by atoms with Gasteiger partial charge >= 0.3 is 0 Å². The first kappa shape index (κ1) is 14.0. The summed E-state index contributed by atoms with van der Waals surface area (Å²) >= 11 is 1.76. The van der Waals surface area contributed by atoms with Crippen LogP contribution in [0, 0.1) is 0 Å². The summed E-state index contributed by atoms with van der Waals surface area (Å²) in [5.74, 6) is 2.07. The van der Waals surface area contributed by atoms with E-state index >= 15 is 0 Å². The Labute approximate surface area is 117 Å². The van der Waals surface area contributed by atoms with Gasteiger partial charge in [0.1, 0.15) is 0 Å². The van der Waals surface area contributed by atoms with Gasteiger partial charge in [-0.25, -0.2) is 0 Å². The maximum Gasteiger partial charge on any atom is 0.243 e. The van der Waals surface area contributed by atoms with E-state index in [1.54, 1.807) is 18.0 Å².